The van der Waals surface area contributed by atoms with Crippen molar-refractivity contribution in [3.8, 4) is 11.3 Å². The minimum Gasteiger partial charge on any atom is -0.465 e. The van der Waals surface area contributed by atoms with Crippen molar-refractivity contribution in [1.29, 1.82) is 0 Å². The Morgan fingerprint density at radius 1 is 1.26 bits per heavy atom. The van der Waals surface area contributed by atoms with Crippen LogP contribution in [0, 0.1) is 17.6 Å². The highest BCUT2D eigenvalue weighted by molar-refractivity contribution is 5.90. The number of benzene rings is 1. The van der Waals surface area contributed by atoms with Crippen molar-refractivity contribution in [3.63, 3.8) is 0 Å². The van der Waals surface area contributed by atoms with Crippen LogP contribution >= 0.6 is 0 Å². The highest BCUT2D eigenvalue weighted by atomic mass is 19.2. The zero-order valence-corrected chi connectivity index (χ0v) is 13.0. The summed E-state index contributed by atoms with van der Waals surface area (Å²) in [5.74, 6) is -2.73. The number of nitrogens with zero attached hydrogens (tertiary/aromatic N) is 2. The molecule has 0 saturated heterocycles. The van der Waals surface area contributed by atoms with Gasteiger partial charge >= 0.3 is 5.97 Å². The third-order valence-electron chi connectivity index (χ3n) is 3.13. The molecule has 1 heterocycles. The number of hydrogen-bond acceptors (Lipinski definition) is 4. The number of halogens is 2. The fourth-order valence-electron chi connectivity index (χ4n) is 2.06. The number of aromatic nitrogens is 2. The van der Waals surface area contributed by atoms with Gasteiger partial charge in [-0.05, 0) is 30.2 Å². The summed E-state index contributed by atoms with van der Waals surface area (Å²) in [5.41, 5.74) is -0.351. The van der Waals surface area contributed by atoms with Crippen molar-refractivity contribution in [3.05, 3.63) is 51.8 Å². The molecule has 23 heavy (non-hydrogen) atoms. The minimum atomic E-state index is -1.04. The van der Waals surface area contributed by atoms with Crippen LogP contribution in [0.25, 0.3) is 11.3 Å². The molecule has 0 aliphatic carbocycles. The molecule has 0 aliphatic heterocycles. The van der Waals surface area contributed by atoms with Crippen LogP contribution < -0.4 is 5.56 Å². The van der Waals surface area contributed by atoms with E-state index in [4.69, 9.17) is 0 Å². The molecule has 0 bridgehead atoms. The predicted molar refractivity (Wildman–Crippen MR) is 80.0 cm³/mol. The lowest BCUT2D eigenvalue weighted by Gasteiger charge is -2.12. The number of carbonyl (C=O) groups is 1. The first-order chi connectivity index (χ1) is 10.8. The van der Waals surface area contributed by atoms with Gasteiger partial charge in [0.2, 0.25) is 0 Å². The second-order valence-electron chi connectivity index (χ2n) is 5.44. The molecule has 0 radical (unpaired) electrons. The summed E-state index contributed by atoms with van der Waals surface area (Å²) >= 11 is 0. The normalized spacial score (nSPS) is 10.9. The average molecular weight is 322 g/mol. The maximum Gasteiger partial charge on any atom is 0.343 e. The summed E-state index contributed by atoms with van der Waals surface area (Å²) in [7, 11) is 1.16. The van der Waals surface area contributed by atoms with Gasteiger partial charge in [-0.25, -0.2) is 18.3 Å². The highest BCUT2D eigenvalue weighted by Gasteiger charge is 2.18. The highest BCUT2D eigenvalue weighted by Crippen LogP contribution is 2.20. The number of carbonyl (C=O) groups excluding carboxylic acids is 1. The minimum absolute atomic E-state index is 0.103. The molecule has 2 aromatic rings. The zero-order valence-electron chi connectivity index (χ0n) is 13.0. The molecule has 1 aromatic carbocycles. The van der Waals surface area contributed by atoms with Gasteiger partial charge in [0.15, 0.2) is 11.6 Å². The van der Waals surface area contributed by atoms with Crippen LogP contribution in [0.4, 0.5) is 8.78 Å². The van der Waals surface area contributed by atoms with Crippen LogP contribution in [0.15, 0.2) is 29.1 Å². The first-order valence-electron chi connectivity index (χ1n) is 6.99. The maximum atomic E-state index is 13.4. The van der Waals surface area contributed by atoms with Gasteiger partial charge in [-0.15, -0.1) is 0 Å². The lowest BCUT2D eigenvalue weighted by atomic mass is 10.1. The van der Waals surface area contributed by atoms with Crippen molar-refractivity contribution in [1.82, 2.24) is 9.78 Å². The van der Waals surface area contributed by atoms with Crippen molar-refractivity contribution in [2.45, 2.75) is 20.4 Å². The van der Waals surface area contributed by atoms with E-state index in [1.54, 1.807) is 0 Å². The molecule has 5 nitrogen and oxygen atoms in total. The standard InChI is InChI=1S/C16H16F2N2O3/c1-9(2)8-20-15(21)11(16(22)23-3)7-14(19-20)10-4-5-12(17)13(18)6-10/h4-7,9H,8H2,1-3H3. The Balaban J connectivity index is 2.65. The van der Waals surface area contributed by atoms with Crippen molar-refractivity contribution < 1.29 is 18.3 Å². The molecule has 0 N–H and O–H groups in total. The van der Waals surface area contributed by atoms with Crippen LogP contribution in [-0.4, -0.2) is 22.9 Å². The van der Waals surface area contributed by atoms with Crippen molar-refractivity contribution in [2.75, 3.05) is 7.11 Å². The van der Waals surface area contributed by atoms with Crippen LogP contribution in [0.5, 0.6) is 0 Å². The lowest BCUT2D eigenvalue weighted by Crippen LogP contribution is -2.31. The summed E-state index contributed by atoms with van der Waals surface area (Å²) in [6.45, 7) is 4.05. The Bertz CT molecular complexity index is 800. The molecule has 2 rings (SSSR count). The van der Waals surface area contributed by atoms with Crippen molar-refractivity contribution >= 4 is 5.97 Å². The smallest absolute Gasteiger partial charge is 0.343 e. The van der Waals surface area contributed by atoms with Crippen molar-refractivity contribution in [2.24, 2.45) is 5.92 Å². The monoisotopic (exact) mass is 322 g/mol. The maximum absolute atomic E-state index is 13.4. The predicted octanol–water partition coefficient (Wildman–Crippen LogP) is 2.63. The van der Waals surface area contributed by atoms with Crippen LogP contribution in [-0.2, 0) is 11.3 Å². The Hall–Kier alpha value is -2.57. The number of methoxy groups -OCH3 is 1. The molecule has 0 spiro atoms. The molecular weight excluding hydrogens is 306 g/mol. The third-order valence-corrected chi connectivity index (χ3v) is 3.13. The van der Waals surface area contributed by atoms with Gasteiger partial charge in [-0.2, -0.15) is 5.10 Å². The fraction of sp³-hybridized carbons (Fsp3) is 0.312. The Morgan fingerprint density at radius 3 is 2.52 bits per heavy atom. The summed E-state index contributed by atoms with van der Waals surface area (Å²) in [5, 5.41) is 4.14. The number of rotatable bonds is 4. The molecule has 0 atom stereocenters. The van der Waals surface area contributed by atoms with Gasteiger partial charge in [0.1, 0.15) is 5.56 Å². The van der Waals surface area contributed by atoms with Gasteiger partial charge in [-0.1, -0.05) is 13.8 Å². The van der Waals surface area contributed by atoms with E-state index >= 15 is 0 Å². The van der Waals surface area contributed by atoms with Crippen LogP contribution in [0.3, 0.4) is 0 Å². The van der Waals surface area contributed by atoms with Crippen LogP contribution in [0.1, 0.15) is 24.2 Å². The van der Waals surface area contributed by atoms with Gasteiger partial charge in [0.05, 0.1) is 12.8 Å². The molecular formula is C16H16F2N2O3. The topological polar surface area (TPSA) is 61.2 Å². The molecule has 0 unspecified atom stereocenters. The van der Waals surface area contributed by atoms with Gasteiger partial charge < -0.3 is 4.74 Å². The number of esters is 1. The molecule has 0 saturated carbocycles. The first-order valence-corrected chi connectivity index (χ1v) is 6.99. The quantitative estimate of drug-likeness (QED) is 0.812. The summed E-state index contributed by atoms with van der Waals surface area (Å²) in [4.78, 5) is 24.1. The third kappa shape index (κ3) is 3.61. The lowest BCUT2D eigenvalue weighted by molar-refractivity contribution is 0.0597. The van der Waals surface area contributed by atoms with Crippen LogP contribution in [0.2, 0.25) is 0 Å². The van der Waals surface area contributed by atoms with Gasteiger partial charge in [-0.3, -0.25) is 4.79 Å². The molecule has 0 fully saturated rings. The Labute approximate surface area is 131 Å². The molecule has 1 aromatic heterocycles. The summed E-state index contributed by atoms with van der Waals surface area (Å²) in [6.07, 6.45) is 0. The second kappa shape index (κ2) is 6.68. The molecule has 122 valence electrons. The average Bonchev–Trinajstić information content (AvgIpc) is 2.50. The SMILES string of the molecule is COC(=O)c1cc(-c2ccc(F)c(F)c2)nn(CC(C)C)c1=O. The van der Waals surface area contributed by atoms with Gasteiger partial charge in [0.25, 0.3) is 5.56 Å². The van der Waals surface area contributed by atoms with E-state index in [0.717, 1.165) is 23.9 Å². The van der Waals surface area contributed by atoms with E-state index in [-0.39, 0.29) is 29.3 Å². The second-order valence-corrected chi connectivity index (χ2v) is 5.44. The Kier molecular flexibility index (Phi) is 4.88. The van der Waals surface area contributed by atoms with E-state index in [1.165, 1.54) is 12.1 Å². The first kappa shape index (κ1) is 16.8. The van der Waals surface area contributed by atoms with E-state index in [9.17, 15) is 18.4 Å². The molecule has 0 amide bonds. The summed E-state index contributed by atoms with van der Waals surface area (Å²) < 4.78 is 32.2. The van der Waals surface area contributed by atoms with E-state index < -0.39 is 23.2 Å². The molecule has 0 aliphatic rings. The van der Waals surface area contributed by atoms with E-state index in [2.05, 4.69) is 9.84 Å². The Morgan fingerprint density at radius 2 is 1.96 bits per heavy atom. The van der Waals surface area contributed by atoms with E-state index in [1.807, 2.05) is 13.8 Å². The number of ether oxygens (including phenoxy) is 1. The molecule has 7 heteroatoms. The van der Waals surface area contributed by atoms with E-state index in [0.29, 0.717) is 0 Å². The number of hydrogen-bond donors (Lipinski definition) is 0. The zero-order chi connectivity index (χ0) is 17.1. The summed E-state index contributed by atoms with van der Waals surface area (Å²) in [6, 6.07) is 4.47. The largest absolute Gasteiger partial charge is 0.465 e. The van der Waals surface area contributed by atoms with Gasteiger partial charge in [0, 0.05) is 12.1 Å². The fourth-order valence-corrected chi connectivity index (χ4v) is 2.06.